The van der Waals surface area contributed by atoms with Crippen LogP contribution in [0.4, 0.5) is 0 Å². The van der Waals surface area contributed by atoms with Crippen LogP contribution in [0.3, 0.4) is 0 Å². The van der Waals surface area contributed by atoms with Crippen molar-refractivity contribution in [3.8, 4) is 67.0 Å². The van der Waals surface area contributed by atoms with Crippen molar-refractivity contribution in [1.29, 1.82) is 0 Å². The Bertz CT molecular complexity index is 3310. The molecular formula is C64H48N2. The van der Waals surface area contributed by atoms with Crippen molar-refractivity contribution in [1.82, 2.24) is 9.13 Å². The third-order valence-corrected chi connectivity index (χ3v) is 13.7. The second kappa shape index (κ2) is 15.8. The molecule has 2 heteroatoms. The molecule has 0 fully saturated rings. The Morgan fingerprint density at radius 1 is 0.197 bits per heavy atom. The largest absolute Gasteiger partial charge is 0.309 e. The van der Waals surface area contributed by atoms with Gasteiger partial charge in [-0.1, -0.05) is 168 Å². The van der Waals surface area contributed by atoms with Gasteiger partial charge in [-0.25, -0.2) is 0 Å². The zero-order valence-corrected chi connectivity index (χ0v) is 37.7. The second-order valence-electron chi connectivity index (χ2n) is 18.2. The second-order valence-corrected chi connectivity index (χ2v) is 18.2. The lowest BCUT2D eigenvalue weighted by molar-refractivity contribution is 1.18. The highest BCUT2D eigenvalue weighted by atomic mass is 15.0. The molecule has 0 N–H and O–H groups in total. The summed E-state index contributed by atoms with van der Waals surface area (Å²) < 4.78 is 4.85. The van der Waals surface area contributed by atoms with Gasteiger partial charge >= 0.3 is 0 Å². The van der Waals surface area contributed by atoms with Crippen LogP contribution in [0.5, 0.6) is 0 Å². The maximum atomic E-state index is 2.42. The van der Waals surface area contributed by atoms with Crippen LogP contribution in [-0.4, -0.2) is 9.13 Å². The Hall–Kier alpha value is -8.20. The van der Waals surface area contributed by atoms with Crippen molar-refractivity contribution >= 4 is 43.6 Å². The standard InChI is InChI=1S/C64H48N2/c1-41-5-13-47(14-6-41)51-25-33-61-57(37-51)58-38-52(48-15-7-42(2)8-16-48)26-34-62(58)65(61)55-29-21-45(22-30-55)46-23-31-56(32-24-46)66-63-35-27-53(49-17-9-43(3)10-18-49)39-59(63)60-40-54(28-36-64(60)66)50-19-11-44(4)12-20-50/h5-40H,1-4H3. The van der Waals surface area contributed by atoms with Crippen molar-refractivity contribution in [3.63, 3.8) is 0 Å². The summed E-state index contributed by atoms with van der Waals surface area (Å²) in [5.41, 5.74) is 24.3. The highest BCUT2D eigenvalue weighted by Crippen LogP contribution is 2.40. The van der Waals surface area contributed by atoms with E-state index in [1.54, 1.807) is 0 Å². The lowest BCUT2D eigenvalue weighted by Gasteiger charge is -2.12. The van der Waals surface area contributed by atoms with Crippen LogP contribution in [0, 0.1) is 27.7 Å². The summed E-state index contributed by atoms with van der Waals surface area (Å²) in [5.74, 6) is 0. The molecule has 0 aliphatic heterocycles. The van der Waals surface area contributed by atoms with Gasteiger partial charge in [0.1, 0.15) is 0 Å². The highest BCUT2D eigenvalue weighted by Gasteiger charge is 2.17. The molecule has 0 saturated heterocycles. The fourth-order valence-corrected chi connectivity index (χ4v) is 9.91. The van der Waals surface area contributed by atoms with E-state index in [-0.39, 0.29) is 0 Å². The number of aromatic nitrogens is 2. The Labute approximate surface area is 386 Å². The van der Waals surface area contributed by atoms with E-state index in [0.29, 0.717) is 0 Å². The van der Waals surface area contributed by atoms with Crippen LogP contribution >= 0.6 is 0 Å². The number of hydrogen-bond donors (Lipinski definition) is 0. The first-order valence-corrected chi connectivity index (χ1v) is 23.0. The fraction of sp³-hybridized carbons (Fsp3) is 0.0625. The molecule has 0 amide bonds. The Morgan fingerprint density at radius 2 is 0.379 bits per heavy atom. The first-order valence-electron chi connectivity index (χ1n) is 23.0. The van der Waals surface area contributed by atoms with Crippen LogP contribution in [0.1, 0.15) is 22.3 Å². The van der Waals surface area contributed by atoms with Crippen LogP contribution in [0.2, 0.25) is 0 Å². The quantitative estimate of drug-likeness (QED) is 0.151. The summed E-state index contributed by atoms with van der Waals surface area (Å²) in [6, 6.07) is 81.3. The van der Waals surface area contributed by atoms with E-state index >= 15 is 0 Å². The lowest BCUT2D eigenvalue weighted by Crippen LogP contribution is -1.95. The van der Waals surface area contributed by atoms with Gasteiger partial charge in [0, 0.05) is 32.9 Å². The molecule has 0 bridgehead atoms. The molecule has 12 rings (SSSR count). The fourth-order valence-electron chi connectivity index (χ4n) is 9.91. The maximum absolute atomic E-state index is 2.42. The summed E-state index contributed by atoms with van der Waals surface area (Å²) in [6.07, 6.45) is 0. The van der Waals surface area contributed by atoms with Gasteiger partial charge in [-0.3, -0.25) is 0 Å². The number of rotatable bonds is 7. The van der Waals surface area contributed by atoms with Gasteiger partial charge < -0.3 is 9.13 Å². The van der Waals surface area contributed by atoms with Gasteiger partial charge in [-0.05, 0) is 156 Å². The molecule has 314 valence electrons. The zero-order valence-electron chi connectivity index (χ0n) is 37.7. The molecule has 10 aromatic carbocycles. The van der Waals surface area contributed by atoms with E-state index in [9.17, 15) is 0 Å². The smallest absolute Gasteiger partial charge is 0.0541 e. The average molecular weight is 845 g/mol. The predicted octanol–water partition coefficient (Wildman–Crippen LogP) is 17.4. The van der Waals surface area contributed by atoms with Crippen molar-refractivity contribution in [2.75, 3.05) is 0 Å². The molecule has 2 nitrogen and oxygen atoms in total. The molecule has 0 unspecified atom stereocenters. The molecule has 2 heterocycles. The van der Waals surface area contributed by atoms with Gasteiger partial charge in [0.15, 0.2) is 0 Å². The molecule has 12 aromatic rings. The van der Waals surface area contributed by atoms with E-state index in [1.165, 1.54) is 122 Å². The van der Waals surface area contributed by atoms with Crippen LogP contribution < -0.4 is 0 Å². The van der Waals surface area contributed by atoms with Crippen molar-refractivity contribution in [2.24, 2.45) is 0 Å². The van der Waals surface area contributed by atoms with Crippen LogP contribution in [-0.2, 0) is 0 Å². The Morgan fingerprint density at radius 3 is 0.606 bits per heavy atom. The molecule has 0 aliphatic carbocycles. The van der Waals surface area contributed by atoms with E-state index in [0.717, 1.165) is 11.4 Å². The summed E-state index contributed by atoms with van der Waals surface area (Å²) in [6.45, 7) is 8.57. The maximum Gasteiger partial charge on any atom is 0.0541 e. The third-order valence-electron chi connectivity index (χ3n) is 13.7. The molecule has 0 spiro atoms. The summed E-state index contributed by atoms with van der Waals surface area (Å²) in [7, 11) is 0. The first-order chi connectivity index (χ1) is 32.3. The monoisotopic (exact) mass is 844 g/mol. The molecule has 0 radical (unpaired) electrons. The Kier molecular flexibility index (Phi) is 9.43. The van der Waals surface area contributed by atoms with Gasteiger partial charge in [-0.15, -0.1) is 0 Å². The minimum absolute atomic E-state index is 1.14. The molecule has 66 heavy (non-hydrogen) atoms. The number of nitrogens with zero attached hydrogens (tertiary/aromatic N) is 2. The number of aryl methyl sites for hydroxylation is 4. The van der Waals surface area contributed by atoms with E-state index in [2.05, 4.69) is 255 Å². The molecule has 0 aliphatic rings. The predicted molar refractivity (Wildman–Crippen MR) is 281 cm³/mol. The van der Waals surface area contributed by atoms with Gasteiger partial charge in [0.2, 0.25) is 0 Å². The molecular weight excluding hydrogens is 797 g/mol. The van der Waals surface area contributed by atoms with Gasteiger partial charge in [0.25, 0.3) is 0 Å². The van der Waals surface area contributed by atoms with Crippen molar-refractivity contribution in [3.05, 3.63) is 241 Å². The van der Waals surface area contributed by atoms with Gasteiger partial charge in [0.05, 0.1) is 22.1 Å². The van der Waals surface area contributed by atoms with E-state index in [4.69, 9.17) is 0 Å². The molecule has 0 atom stereocenters. The lowest BCUT2D eigenvalue weighted by atomic mass is 9.99. The van der Waals surface area contributed by atoms with Gasteiger partial charge in [-0.2, -0.15) is 0 Å². The summed E-state index contributed by atoms with van der Waals surface area (Å²) in [4.78, 5) is 0. The number of benzene rings is 10. The Balaban J connectivity index is 0.923. The molecule has 2 aromatic heterocycles. The average Bonchev–Trinajstić information content (AvgIpc) is 3.86. The van der Waals surface area contributed by atoms with Crippen molar-refractivity contribution < 1.29 is 0 Å². The van der Waals surface area contributed by atoms with Crippen LogP contribution in [0.15, 0.2) is 218 Å². The highest BCUT2D eigenvalue weighted by molar-refractivity contribution is 6.13. The number of hydrogen-bond acceptors (Lipinski definition) is 0. The SMILES string of the molecule is Cc1ccc(-c2ccc3c(c2)c2cc(-c4ccc(C)cc4)ccc2n3-c2ccc(-c3ccc(-n4c5ccc(-c6ccc(C)cc6)cc5c5cc(-c6ccc(C)cc6)ccc54)cc3)cc2)cc1. The molecule has 0 saturated carbocycles. The third kappa shape index (κ3) is 6.90. The van der Waals surface area contributed by atoms with Crippen LogP contribution in [0.25, 0.3) is 111 Å². The van der Waals surface area contributed by atoms with E-state index in [1.807, 2.05) is 0 Å². The first kappa shape index (κ1) is 39.4. The normalized spacial score (nSPS) is 11.6. The summed E-state index contributed by atoms with van der Waals surface area (Å²) >= 11 is 0. The number of fused-ring (bicyclic) bond motifs is 6. The zero-order chi connectivity index (χ0) is 44.5. The minimum atomic E-state index is 1.14. The van der Waals surface area contributed by atoms with Crippen molar-refractivity contribution in [2.45, 2.75) is 27.7 Å². The topological polar surface area (TPSA) is 9.86 Å². The minimum Gasteiger partial charge on any atom is -0.309 e. The van der Waals surface area contributed by atoms with E-state index < -0.39 is 0 Å². The summed E-state index contributed by atoms with van der Waals surface area (Å²) in [5, 5.41) is 5.00.